The van der Waals surface area contributed by atoms with E-state index in [9.17, 15) is 24.2 Å². The Morgan fingerprint density at radius 1 is 1.00 bits per heavy atom. The first-order valence-electron chi connectivity index (χ1n) is 10.7. The summed E-state index contributed by atoms with van der Waals surface area (Å²) in [7, 11) is 2.26. The molecule has 37 heavy (non-hydrogen) atoms. The van der Waals surface area contributed by atoms with Crippen molar-refractivity contribution in [3.63, 3.8) is 0 Å². The van der Waals surface area contributed by atoms with Crippen molar-refractivity contribution in [2.75, 3.05) is 14.2 Å². The van der Waals surface area contributed by atoms with E-state index >= 15 is 0 Å². The summed E-state index contributed by atoms with van der Waals surface area (Å²) in [5.74, 6) is -3.14. The molecular formula is C26H21FN4O6. The van der Waals surface area contributed by atoms with Crippen LogP contribution < -0.4 is 5.73 Å². The minimum atomic E-state index is -0.882. The summed E-state index contributed by atoms with van der Waals surface area (Å²) >= 11 is 0. The molecule has 0 amide bonds. The van der Waals surface area contributed by atoms with Crippen LogP contribution in [0.4, 0.5) is 4.39 Å². The van der Waals surface area contributed by atoms with Crippen LogP contribution in [0.15, 0.2) is 54.6 Å². The van der Waals surface area contributed by atoms with Gasteiger partial charge >= 0.3 is 11.9 Å². The molecule has 3 aromatic carbocycles. The number of hydrogen-bond acceptors (Lipinski definition) is 8. The third-order valence-corrected chi connectivity index (χ3v) is 5.59. The van der Waals surface area contributed by atoms with Gasteiger partial charge in [-0.05, 0) is 54.1 Å². The number of nitrogen functional groups attached to an aromatic ring is 1. The summed E-state index contributed by atoms with van der Waals surface area (Å²) in [6, 6.07) is 10.7. The summed E-state index contributed by atoms with van der Waals surface area (Å²) in [6.07, 6.45) is 0.912. The molecule has 4 rings (SSSR count). The van der Waals surface area contributed by atoms with Gasteiger partial charge in [-0.1, -0.05) is 0 Å². The van der Waals surface area contributed by atoms with Crippen molar-refractivity contribution in [2.24, 2.45) is 5.73 Å². The number of rotatable bonds is 6. The molecule has 1 aromatic heterocycles. The summed E-state index contributed by atoms with van der Waals surface area (Å²) in [6.45, 7) is 0. The molecular weight excluding hydrogens is 483 g/mol. The Morgan fingerprint density at radius 2 is 1.73 bits per heavy atom. The highest BCUT2D eigenvalue weighted by Gasteiger charge is 2.23. The molecule has 0 atom stereocenters. The number of aromatic nitrogens is 2. The number of methoxy groups -OCH3 is 2. The molecule has 0 bridgehead atoms. The lowest BCUT2D eigenvalue weighted by molar-refractivity contribution is -0.136. The summed E-state index contributed by atoms with van der Waals surface area (Å²) < 4.78 is 23.6. The van der Waals surface area contributed by atoms with E-state index in [4.69, 9.17) is 15.9 Å². The molecule has 0 unspecified atom stereocenters. The standard InChI is InChI=1S/C26H21FN4O6/c1-36-22(33)11-15(26(35)37-2)13-7-17(16-10-14(27)4-6-21(16)32)23(34)18(8-13)25-30-19-5-3-12(24(28)29)9-20(19)31-25/h3-11,32,34H,1-2H3,(H3,28,29)(H,30,31)/b15-11-. The molecule has 188 valence electrons. The molecule has 0 saturated heterocycles. The Bertz CT molecular complexity index is 1610. The van der Waals surface area contributed by atoms with Crippen LogP contribution in [0.1, 0.15) is 11.1 Å². The first-order chi connectivity index (χ1) is 17.6. The SMILES string of the molecule is COC(=O)/C=C(\C(=O)OC)c1cc(-c2nc3ccc(C(=N)N)cc3[nH]2)c(O)c(-c2cc(F)ccc2O)c1. The van der Waals surface area contributed by atoms with Gasteiger partial charge in [0, 0.05) is 22.8 Å². The average Bonchev–Trinajstić information content (AvgIpc) is 3.31. The largest absolute Gasteiger partial charge is 0.507 e. The predicted octanol–water partition coefficient (Wildman–Crippen LogP) is 3.46. The van der Waals surface area contributed by atoms with Gasteiger partial charge in [-0.15, -0.1) is 0 Å². The highest BCUT2D eigenvalue weighted by Crippen LogP contribution is 2.43. The maximum absolute atomic E-state index is 14.1. The normalized spacial score (nSPS) is 11.4. The van der Waals surface area contributed by atoms with E-state index in [1.54, 1.807) is 18.2 Å². The number of benzene rings is 3. The van der Waals surface area contributed by atoms with Crippen molar-refractivity contribution in [1.82, 2.24) is 9.97 Å². The molecule has 11 heteroatoms. The second kappa shape index (κ2) is 9.82. The van der Waals surface area contributed by atoms with Crippen LogP contribution in [0.2, 0.25) is 0 Å². The van der Waals surface area contributed by atoms with E-state index in [0.717, 1.165) is 38.5 Å². The number of carbonyl (C=O) groups is 2. The number of aromatic hydroxyl groups is 2. The van der Waals surface area contributed by atoms with Crippen LogP contribution in [0, 0.1) is 11.2 Å². The number of halogens is 1. The third kappa shape index (κ3) is 4.82. The number of carbonyl (C=O) groups excluding carboxylic acids is 2. The van der Waals surface area contributed by atoms with Gasteiger partial charge in [-0.25, -0.2) is 19.0 Å². The summed E-state index contributed by atoms with van der Waals surface area (Å²) in [5, 5.41) is 29.3. The topological polar surface area (TPSA) is 172 Å². The van der Waals surface area contributed by atoms with Gasteiger partial charge in [0.1, 0.15) is 29.0 Å². The number of hydrogen-bond donors (Lipinski definition) is 5. The number of H-pyrrole nitrogens is 1. The molecule has 0 aliphatic heterocycles. The number of ether oxygens (including phenoxy) is 2. The minimum Gasteiger partial charge on any atom is -0.507 e. The molecule has 4 aromatic rings. The van der Waals surface area contributed by atoms with E-state index in [-0.39, 0.29) is 45.2 Å². The van der Waals surface area contributed by atoms with Crippen LogP contribution in [0.25, 0.3) is 39.1 Å². The van der Waals surface area contributed by atoms with Crippen LogP contribution in [0.5, 0.6) is 11.5 Å². The Morgan fingerprint density at radius 3 is 2.41 bits per heavy atom. The first-order valence-corrected chi connectivity index (χ1v) is 10.7. The van der Waals surface area contributed by atoms with Gasteiger partial charge in [0.2, 0.25) is 0 Å². The number of nitrogens with zero attached hydrogens (tertiary/aromatic N) is 1. The van der Waals surface area contributed by atoms with Crippen molar-refractivity contribution in [3.8, 4) is 34.0 Å². The number of imidazole rings is 1. The molecule has 6 N–H and O–H groups in total. The smallest absolute Gasteiger partial charge is 0.338 e. The van der Waals surface area contributed by atoms with Crippen LogP contribution in [0.3, 0.4) is 0 Å². The van der Waals surface area contributed by atoms with Crippen molar-refractivity contribution in [3.05, 3.63) is 71.6 Å². The van der Waals surface area contributed by atoms with E-state index in [1.165, 1.54) is 12.1 Å². The van der Waals surface area contributed by atoms with Gasteiger partial charge in [0.25, 0.3) is 0 Å². The van der Waals surface area contributed by atoms with Gasteiger partial charge in [-0.3, -0.25) is 5.41 Å². The van der Waals surface area contributed by atoms with Gasteiger partial charge < -0.3 is 30.4 Å². The number of amidine groups is 1. The van der Waals surface area contributed by atoms with Crippen molar-refractivity contribution < 1.29 is 33.7 Å². The quantitative estimate of drug-likeness (QED) is 0.115. The lowest BCUT2D eigenvalue weighted by Gasteiger charge is -2.15. The Hall–Kier alpha value is -5.19. The molecule has 0 saturated carbocycles. The number of fused-ring (bicyclic) bond motifs is 1. The Balaban J connectivity index is 2.04. The Labute approximate surface area is 209 Å². The zero-order valence-corrected chi connectivity index (χ0v) is 19.6. The van der Waals surface area contributed by atoms with Crippen molar-refractivity contribution >= 4 is 34.4 Å². The number of esters is 2. The third-order valence-electron chi connectivity index (χ3n) is 5.59. The maximum atomic E-state index is 14.1. The van der Waals surface area contributed by atoms with E-state index < -0.39 is 23.5 Å². The zero-order chi connectivity index (χ0) is 26.9. The number of aromatic amines is 1. The van der Waals surface area contributed by atoms with Crippen molar-refractivity contribution in [1.29, 1.82) is 5.41 Å². The van der Waals surface area contributed by atoms with Gasteiger partial charge in [-0.2, -0.15) is 0 Å². The van der Waals surface area contributed by atoms with Gasteiger partial charge in [0.15, 0.2) is 0 Å². The number of phenols is 2. The molecule has 1 heterocycles. The van der Waals surface area contributed by atoms with Crippen LogP contribution in [-0.4, -0.2) is 52.2 Å². The fourth-order valence-electron chi connectivity index (χ4n) is 3.75. The highest BCUT2D eigenvalue weighted by atomic mass is 19.1. The van der Waals surface area contributed by atoms with Crippen LogP contribution >= 0.6 is 0 Å². The Kier molecular flexibility index (Phi) is 6.61. The van der Waals surface area contributed by atoms with E-state index in [2.05, 4.69) is 14.7 Å². The van der Waals surface area contributed by atoms with Crippen LogP contribution in [-0.2, 0) is 19.1 Å². The summed E-state index contributed by atoms with van der Waals surface area (Å²) in [4.78, 5) is 32.1. The number of phenolic OH excluding ortho intramolecular Hbond substituents is 2. The molecule has 0 fully saturated rings. The fourth-order valence-corrected chi connectivity index (χ4v) is 3.75. The lowest BCUT2D eigenvalue weighted by Crippen LogP contribution is -2.10. The monoisotopic (exact) mass is 504 g/mol. The second-order valence-corrected chi connectivity index (χ2v) is 7.89. The molecule has 0 aliphatic rings. The molecule has 10 nitrogen and oxygen atoms in total. The molecule has 0 aliphatic carbocycles. The van der Waals surface area contributed by atoms with Crippen molar-refractivity contribution in [2.45, 2.75) is 0 Å². The second-order valence-electron chi connectivity index (χ2n) is 7.89. The number of nitrogens with one attached hydrogen (secondary N) is 2. The first kappa shape index (κ1) is 24.9. The van der Waals surface area contributed by atoms with E-state index in [1.807, 2.05) is 0 Å². The highest BCUT2D eigenvalue weighted by molar-refractivity contribution is 6.21. The molecule has 0 radical (unpaired) electrons. The molecule has 0 spiro atoms. The fraction of sp³-hybridized carbons (Fsp3) is 0.0769. The summed E-state index contributed by atoms with van der Waals surface area (Å²) in [5.41, 5.74) is 6.82. The minimum absolute atomic E-state index is 0.0472. The zero-order valence-electron chi connectivity index (χ0n) is 19.6. The van der Waals surface area contributed by atoms with Gasteiger partial charge in [0.05, 0.1) is 36.4 Å². The maximum Gasteiger partial charge on any atom is 0.338 e. The lowest BCUT2D eigenvalue weighted by atomic mass is 9.93. The predicted molar refractivity (Wildman–Crippen MR) is 133 cm³/mol. The number of nitrogens with two attached hydrogens (primary N) is 1. The van der Waals surface area contributed by atoms with E-state index in [0.29, 0.717) is 16.6 Å². The average molecular weight is 504 g/mol.